The molecule has 134 valence electrons. The fraction of sp³-hybridized carbons (Fsp3) is 0.111. The summed E-state index contributed by atoms with van der Waals surface area (Å²) < 4.78 is 55.0. The number of carbonyl (C=O) groups is 1. The maximum Gasteiger partial charge on any atom is 0.259 e. The van der Waals surface area contributed by atoms with Gasteiger partial charge in [0.15, 0.2) is 5.82 Å². The van der Waals surface area contributed by atoms with Gasteiger partial charge in [-0.2, -0.15) is 5.10 Å². The number of benzene rings is 2. The number of nitrogens with zero attached hydrogens (tertiary/aromatic N) is 2. The summed E-state index contributed by atoms with van der Waals surface area (Å²) >= 11 is 0. The van der Waals surface area contributed by atoms with Crippen LogP contribution in [0.3, 0.4) is 0 Å². The summed E-state index contributed by atoms with van der Waals surface area (Å²) in [4.78, 5) is 12.5. The van der Waals surface area contributed by atoms with Crippen LogP contribution in [0, 0.1) is 37.1 Å². The van der Waals surface area contributed by atoms with Crippen molar-refractivity contribution in [3.63, 3.8) is 0 Å². The van der Waals surface area contributed by atoms with Gasteiger partial charge in [0.05, 0.1) is 22.6 Å². The summed E-state index contributed by atoms with van der Waals surface area (Å²) in [6, 6.07) is 5.73. The first-order chi connectivity index (χ1) is 12.3. The maximum atomic E-state index is 14.0. The Morgan fingerprint density at radius 2 is 1.58 bits per heavy atom. The van der Waals surface area contributed by atoms with Crippen LogP contribution in [0.25, 0.3) is 5.69 Å². The second-order valence-corrected chi connectivity index (χ2v) is 5.63. The lowest BCUT2D eigenvalue weighted by Crippen LogP contribution is -2.15. The van der Waals surface area contributed by atoms with Crippen molar-refractivity contribution in [2.75, 3.05) is 5.32 Å². The summed E-state index contributed by atoms with van der Waals surface area (Å²) in [5.74, 6) is -3.96. The van der Waals surface area contributed by atoms with Crippen LogP contribution in [0.15, 0.2) is 36.4 Å². The fourth-order valence-electron chi connectivity index (χ4n) is 2.63. The maximum absolute atomic E-state index is 14.0. The van der Waals surface area contributed by atoms with Crippen LogP contribution >= 0.6 is 0 Å². The van der Waals surface area contributed by atoms with Gasteiger partial charge in [0, 0.05) is 12.1 Å². The van der Waals surface area contributed by atoms with E-state index in [9.17, 15) is 22.4 Å². The molecule has 0 aliphatic carbocycles. The molecule has 1 aromatic heterocycles. The molecule has 0 radical (unpaired) electrons. The quantitative estimate of drug-likeness (QED) is 0.706. The van der Waals surface area contributed by atoms with E-state index in [4.69, 9.17) is 0 Å². The first-order valence-corrected chi connectivity index (χ1v) is 7.56. The van der Waals surface area contributed by atoms with Crippen LogP contribution < -0.4 is 5.32 Å². The van der Waals surface area contributed by atoms with Crippen LogP contribution in [0.1, 0.15) is 21.7 Å². The molecular weight excluding hydrogens is 350 g/mol. The zero-order valence-corrected chi connectivity index (χ0v) is 13.8. The highest BCUT2D eigenvalue weighted by Crippen LogP contribution is 2.23. The number of rotatable bonds is 3. The number of hydrogen-bond acceptors (Lipinski definition) is 2. The predicted octanol–water partition coefficient (Wildman–Crippen LogP) is 4.30. The van der Waals surface area contributed by atoms with Gasteiger partial charge < -0.3 is 5.32 Å². The Balaban J connectivity index is 1.98. The van der Waals surface area contributed by atoms with E-state index in [0.717, 1.165) is 18.2 Å². The Morgan fingerprint density at radius 3 is 2.19 bits per heavy atom. The van der Waals surface area contributed by atoms with Crippen molar-refractivity contribution in [2.24, 2.45) is 0 Å². The zero-order chi connectivity index (χ0) is 19.0. The standard InChI is InChI=1S/C18H13F4N3O/c1-9-17(18(26)23-15-5-3-11(19)7-13(15)21)10(2)25(24-9)16-6-4-12(20)8-14(16)22/h3-8H,1-2H3,(H,23,26). The molecule has 0 saturated carbocycles. The Labute approximate surface area is 146 Å². The lowest BCUT2D eigenvalue weighted by Gasteiger charge is -2.08. The molecule has 0 aliphatic rings. The van der Waals surface area contributed by atoms with Gasteiger partial charge in [-0.1, -0.05) is 0 Å². The number of aryl methyl sites for hydroxylation is 1. The number of nitrogens with one attached hydrogen (secondary N) is 1. The third-order valence-electron chi connectivity index (χ3n) is 3.84. The average molecular weight is 363 g/mol. The van der Waals surface area contributed by atoms with Crippen molar-refractivity contribution in [2.45, 2.75) is 13.8 Å². The molecular formula is C18H13F4N3O. The van der Waals surface area contributed by atoms with E-state index < -0.39 is 29.2 Å². The van der Waals surface area contributed by atoms with Crippen molar-refractivity contribution in [3.05, 3.63) is 76.6 Å². The molecule has 26 heavy (non-hydrogen) atoms. The highest BCUT2D eigenvalue weighted by Gasteiger charge is 2.22. The number of anilines is 1. The molecule has 0 fully saturated rings. The van der Waals surface area contributed by atoms with E-state index in [-0.39, 0.29) is 28.3 Å². The number of halogens is 4. The Bertz CT molecular complexity index is 1010. The van der Waals surface area contributed by atoms with E-state index in [1.165, 1.54) is 24.6 Å². The van der Waals surface area contributed by atoms with Gasteiger partial charge in [-0.15, -0.1) is 0 Å². The van der Waals surface area contributed by atoms with Crippen molar-refractivity contribution in [3.8, 4) is 5.69 Å². The molecule has 0 bridgehead atoms. The molecule has 3 aromatic rings. The Morgan fingerprint density at radius 1 is 0.962 bits per heavy atom. The van der Waals surface area contributed by atoms with Crippen molar-refractivity contribution < 1.29 is 22.4 Å². The van der Waals surface area contributed by atoms with Gasteiger partial charge in [-0.05, 0) is 38.1 Å². The lowest BCUT2D eigenvalue weighted by molar-refractivity contribution is 0.102. The highest BCUT2D eigenvalue weighted by molar-refractivity contribution is 6.06. The van der Waals surface area contributed by atoms with E-state index in [1.54, 1.807) is 0 Å². The minimum atomic E-state index is -0.925. The largest absolute Gasteiger partial charge is 0.319 e. The number of amides is 1. The predicted molar refractivity (Wildman–Crippen MR) is 87.3 cm³/mol. The number of aromatic nitrogens is 2. The van der Waals surface area contributed by atoms with Crippen LogP contribution in [-0.4, -0.2) is 15.7 Å². The smallest absolute Gasteiger partial charge is 0.259 e. The van der Waals surface area contributed by atoms with E-state index in [1.807, 2.05) is 0 Å². The average Bonchev–Trinajstić information content (AvgIpc) is 2.84. The van der Waals surface area contributed by atoms with Crippen molar-refractivity contribution in [1.29, 1.82) is 0 Å². The van der Waals surface area contributed by atoms with Crippen LogP contribution in [0.4, 0.5) is 23.2 Å². The number of carbonyl (C=O) groups excluding carboxylic acids is 1. The van der Waals surface area contributed by atoms with Crippen LogP contribution in [0.2, 0.25) is 0 Å². The molecule has 2 aromatic carbocycles. The third kappa shape index (κ3) is 3.17. The Hall–Kier alpha value is -3.16. The van der Waals surface area contributed by atoms with E-state index in [0.29, 0.717) is 12.1 Å². The molecule has 0 atom stereocenters. The Kier molecular flexibility index (Phi) is 4.50. The minimum Gasteiger partial charge on any atom is -0.319 e. The summed E-state index contributed by atoms with van der Waals surface area (Å²) in [7, 11) is 0. The highest BCUT2D eigenvalue weighted by atomic mass is 19.1. The minimum absolute atomic E-state index is 0.0287. The third-order valence-corrected chi connectivity index (χ3v) is 3.84. The molecule has 0 aliphatic heterocycles. The molecule has 1 heterocycles. The second-order valence-electron chi connectivity index (χ2n) is 5.63. The molecule has 1 amide bonds. The fourth-order valence-corrected chi connectivity index (χ4v) is 2.63. The van der Waals surface area contributed by atoms with Gasteiger partial charge in [0.1, 0.15) is 23.1 Å². The number of hydrogen-bond donors (Lipinski definition) is 1. The van der Waals surface area contributed by atoms with Gasteiger partial charge in [-0.3, -0.25) is 4.79 Å². The van der Waals surface area contributed by atoms with Gasteiger partial charge in [0.2, 0.25) is 0 Å². The summed E-state index contributed by atoms with van der Waals surface area (Å²) in [5, 5.41) is 6.45. The molecule has 0 spiro atoms. The monoisotopic (exact) mass is 363 g/mol. The topological polar surface area (TPSA) is 46.9 Å². The summed E-state index contributed by atoms with van der Waals surface area (Å²) in [5.41, 5.74) is 0.437. The summed E-state index contributed by atoms with van der Waals surface area (Å²) in [6.07, 6.45) is 0. The van der Waals surface area contributed by atoms with Gasteiger partial charge >= 0.3 is 0 Å². The molecule has 0 saturated heterocycles. The van der Waals surface area contributed by atoms with E-state index >= 15 is 0 Å². The molecule has 1 N–H and O–H groups in total. The van der Waals surface area contributed by atoms with Crippen LogP contribution in [-0.2, 0) is 0 Å². The van der Waals surface area contributed by atoms with E-state index in [2.05, 4.69) is 10.4 Å². The molecule has 8 heteroatoms. The van der Waals surface area contributed by atoms with Gasteiger partial charge in [0.25, 0.3) is 5.91 Å². The lowest BCUT2D eigenvalue weighted by atomic mass is 10.1. The van der Waals surface area contributed by atoms with Crippen molar-refractivity contribution in [1.82, 2.24) is 9.78 Å². The first-order valence-electron chi connectivity index (χ1n) is 7.56. The molecule has 3 rings (SSSR count). The SMILES string of the molecule is Cc1nn(-c2ccc(F)cc2F)c(C)c1C(=O)Nc1ccc(F)cc1F. The van der Waals surface area contributed by atoms with Crippen molar-refractivity contribution >= 4 is 11.6 Å². The molecule has 4 nitrogen and oxygen atoms in total. The van der Waals surface area contributed by atoms with Crippen LogP contribution in [0.5, 0.6) is 0 Å². The van der Waals surface area contributed by atoms with Gasteiger partial charge in [-0.25, -0.2) is 22.2 Å². The normalized spacial score (nSPS) is 10.8. The first kappa shape index (κ1) is 17.7. The second kappa shape index (κ2) is 6.62. The summed E-state index contributed by atoms with van der Waals surface area (Å²) in [6.45, 7) is 3.06. The zero-order valence-electron chi connectivity index (χ0n) is 13.8. The molecule has 0 unspecified atom stereocenters.